The van der Waals surface area contributed by atoms with Crippen molar-refractivity contribution in [3.63, 3.8) is 0 Å². The fourth-order valence-corrected chi connectivity index (χ4v) is 2.90. The van der Waals surface area contributed by atoms with Crippen molar-refractivity contribution in [3.05, 3.63) is 95.3 Å². The molecule has 0 aliphatic carbocycles. The highest BCUT2D eigenvalue weighted by atomic mass is 16.5. The SMILES string of the molecule is COc1ccccc1CCNC(=O)c1cccc(C(=O)NCc2ccccn2)c1. The molecule has 0 aliphatic rings. The molecule has 0 radical (unpaired) electrons. The van der Waals surface area contributed by atoms with E-state index >= 15 is 0 Å². The average Bonchev–Trinajstić information content (AvgIpc) is 2.78. The van der Waals surface area contributed by atoms with Gasteiger partial charge in [-0.15, -0.1) is 0 Å². The minimum Gasteiger partial charge on any atom is -0.496 e. The quantitative estimate of drug-likeness (QED) is 0.621. The Hall–Kier alpha value is -3.67. The molecule has 2 N–H and O–H groups in total. The van der Waals surface area contributed by atoms with E-state index in [-0.39, 0.29) is 11.8 Å². The Morgan fingerprint density at radius 1 is 0.897 bits per heavy atom. The van der Waals surface area contributed by atoms with E-state index in [1.807, 2.05) is 42.5 Å². The highest BCUT2D eigenvalue weighted by Crippen LogP contribution is 2.17. The highest BCUT2D eigenvalue weighted by Gasteiger charge is 2.11. The number of hydrogen-bond acceptors (Lipinski definition) is 4. The van der Waals surface area contributed by atoms with E-state index in [1.165, 1.54) is 0 Å². The molecular weight excluding hydrogens is 366 g/mol. The van der Waals surface area contributed by atoms with Crippen molar-refractivity contribution in [3.8, 4) is 5.75 Å². The topological polar surface area (TPSA) is 80.3 Å². The number of nitrogens with one attached hydrogen (secondary N) is 2. The van der Waals surface area contributed by atoms with Gasteiger partial charge in [0.2, 0.25) is 0 Å². The monoisotopic (exact) mass is 389 g/mol. The van der Waals surface area contributed by atoms with Crippen LogP contribution in [-0.4, -0.2) is 30.5 Å². The van der Waals surface area contributed by atoms with Crippen LogP contribution in [0.4, 0.5) is 0 Å². The van der Waals surface area contributed by atoms with Crippen LogP contribution in [0.2, 0.25) is 0 Å². The number of benzene rings is 2. The molecule has 0 unspecified atom stereocenters. The number of carbonyl (C=O) groups excluding carboxylic acids is 2. The first kappa shape index (κ1) is 20.1. The zero-order valence-electron chi connectivity index (χ0n) is 16.2. The van der Waals surface area contributed by atoms with E-state index in [1.54, 1.807) is 37.6 Å². The largest absolute Gasteiger partial charge is 0.496 e. The Bertz CT molecular complexity index is 974. The van der Waals surface area contributed by atoms with E-state index in [0.29, 0.717) is 30.6 Å². The number of rotatable bonds is 8. The minimum absolute atomic E-state index is 0.223. The predicted octanol–water partition coefficient (Wildman–Crippen LogP) is 2.99. The van der Waals surface area contributed by atoms with Gasteiger partial charge in [0.1, 0.15) is 5.75 Å². The Balaban J connectivity index is 1.55. The van der Waals surface area contributed by atoms with Crippen LogP contribution in [0, 0.1) is 0 Å². The lowest BCUT2D eigenvalue weighted by Gasteiger charge is -2.10. The van der Waals surface area contributed by atoms with Gasteiger partial charge in [-0.1, -0.05) is 30.3 Å². The molecule has 2 amide bonds. The van der Waals surface area contributed by atoms with Gasteiger partial charge >= 0.3 is 0 Å². The fourth-order valence-electron chi connectivity index (χ4n) is 2.90. The summed E-state index contributed by atoms with van der Waals surface area (Å²) < 4.78 is 5.32. The lowest BCUT2D eigenvalue weighted by Crippen LogP contribution is -2.27. The molecule has 2 aromatic carbocycles. The first-order valence-electron chi connectivity index (χ1n) is 9.35. The molecule has 3 aromatic rings. The third-order valence-electron chi connectivity index (χ3n) is 4.42. The van der Waals surface area contributed by atoms with E-state index < -0.39 is 0 Å². The summed E-state index contributed by atoms with van der Waals surface area (Å²) in [5, 5.41) is 5.70. The lowest BCUT2D eigenvalue weighted by molar-refractivity contribution is 0.0950. The molecule has 6 heteroatoms. The number of carbonyl (C=O) groups is 2. The van der Waals surface area contributed by atoms with Gasteiger partial charge in [-0.3, -0.25) is 14.6 Å². The van der Waals surface area contributed by atoms with Gasteiger partial charge in [0.05, 0.1) is 19.3 Å². The number of methoxy groups -OCH3 is 1. The molecule has 0 saturated carbocycles. The third-order valence-corrected chi connectivity index (χ3v) is 4.42. The summed E-state index contributed by atoms with van der Waals surface area (Å²) in [6.45, 7) is 0.796. The maximum Gasteiger partial charge on any atom is 0.251 e. The van der Waals surface area contributed by atoms with Gasteiger partial charge < -0.3 is 15.4 Å². The summed E-state index contributed by atoms with van der Waals surface area (Å²) in [7, 11) is 1.63. The minimum atomic E-state index is -0.251. The molecule has 29 heavy (non-hydrogen) atoms. The molecule has 148 valence electrons. The number of amides is 2. The molecule has 0 spiro atoms. The van der Waals surface area contributed by atoms with Gasteiger partial charge in [0.25, 0.3) is 11.8 Å². The molecule has 0 fully saturated rings. The molecule has 0 saturated heterocycles. The standard InChI is InChI=1S/C23H23N3O3/c1-29-21-11-3-2-7-17(21)12-14-25-22(27)18-8-6-9-19(15-18)23(28)26-16-20-10-4-5-13-24-20/h2-11,13,15H,12,14,16H2,1H3,(H,25,27)(H,26,28). The van der Waals surface area contributed by atoms with Crippen molar-refractivity contribution >= 4 is 11.8 Å². The van der Waals surface area contributed by atoms with Crippen LogP contribution < -0.4 is 15.4 Å². The number of pyridine rings is 1. The summed E-state index contributed by atoms with van der Waals surface area (Å²) in [6, 6.07) is 19.9. The molecule has 0 atom stereocenters. The number of ether oxygens (including phenoxy) is 1. The van der Waals surface area contributed by atoms with Crippen molar-refractivity contribution in [2.75, 3.05) is 13.7 Å². The Labute approximate surface area is 169 Å². The van der Waals surface area contributed by atoms with Crippen LogP contribution >= 0.6 is 0 Å². The normalized spacial score (nSPS) is 10.2. The van der Waals surface area contributed by atoms with Crippen LogP contribution in [0.1, 0.15) is 32.0 Å². The second-order valence-corrected chi connectivity index (χ2v) is 6.40. The Morgan fingerprint density at radius 2 is 1.62 bits per heavy atom. The van der Waals surface area contributed by atoms with Gasteiger partial charge in [-0.2, -0.15) is 0 Å². The summed E-state index contributed by atoms with van der Waals surface area (Å²) in [5.41, 5.74) is 2.66. The van der Waals surface area contributed by atoms with Gasteiger partial charge in [0.15, 0.2) is 0 Å². The van der Waals surface area contributed by atoms with Crippen molar-refractivity contribution < 1.29 is 14.3 Å². The number of nitrogens with zero attached hydrogens (tertiary/aromatic N) is 1. The summed E-state index contributed by atoms with van der Waals surface area (Å²) >= 11 is 0. The van der Waals surface area contributed by atoms with Crippen LogP contribution in [0.3, 0.4) is 0 Å². The summed E-state index contributed by atoms with van der Waals surface area (Å²) in [4.78, 5) is 29.0. The zero-order chi connectivity index (χ0) is 20.5. The van der Waals surface area contributed by atoms with Crippen molar-refractivity contribution in [2.24, 2.45) is 0 Å². The maximum atomic E-state index is 12.5. The average molecular weight is 389 g/mol. The molecule has 3 rings (SSSR count). The maximum absolute atomic E-state index is 12.5. The number of aromatic nitrogens is 1. The first-order chi connectivity index (χ1) is 14.2. The van der Waals surface area contributed by atoms with Crippen LogP contribution in [0.5, 0.6) is 5.75 Å². The Morgan fingerprint density at radius 3 is 2.34 bits per heavy atom. The molecule has 0 bridgehead atoms. The first-order valence-corrected chi connectivity index (χ1v) is 9.35. The van der Waals surface area contributed by atoms with Gasteiger partial charge in [-0.05, 0) is 48.4 Å². The van der Waals surface area contributed by atoms with Crippen molar-refractivity contribution in [2.45, 2.75) is 13.0 Å². The van der Waals surface area contributed by atoms with Crippen LogP contribution in [-0.2, 0) is 13.0 Å². The number of hydrogen-bond donors (Lipinski definition) is 2. The third kappa shape index (κ3) is 5.65. The fraction of sp³-hybridized carbons (Fsp3) is 0.174. The van der Waals surface area contributed by atoms with E-state index in [9.17, 15) is 9.59 Å². The molecule has 6 nitrogen and oxygen atoms in total. The summed E-state index contributed by atoms with van der Waals surface area (Å²) in [6.07, 6.45) is 2.33. The number of para-hydroxylation sites is 1. The van der Waals surface area contributed by atoms with Gasteiger partial charge in [-0.25, -0.2) is 0 Å². The predicted molar refractivity (Wildman–Crippen MR) is 111 cm³/mol. The molecule has 1 aromatic heterocycles. The van der Waals surface area contributed by atoms with E-state index in [2.05, 4.69) is 15.6 Å². The smallest absolute Gasteiger partial charge is 0.251 e. The van der Waals surface area contributed by atoms with E-state index in [4.69, 9.17) is 4.74 Å². The zero-order valence-corrected chi connectivity index (χ0v) is 16.2. The lowest BCUT2D eigenvalue weighted by atomic mass is 10.1. The molecule has 1 heterocycles. The second-order valence-electron chi connectivity index (χ2n) is 6.40. The van der Waals surface area contributed by atoms with Crippen molar-refractivity contribution in [1.82, 2.24) is 15.6 Å². The summed E-state index contributed by atoms with van der Waals surface area (Å²) in [5.74, 6) is 0.326. The van der Waals surface area contributed by atoms with E-state index in [0.717, 1.165) is 17.0 Å². The molecular formula is C23H23N3O3. The molecule has 0 aliphatic heterocycles. The van der Waals surface area contributed by atoms with Crippen LogP contribution in [0.25, 0.3) is 0 Å². The highest BCUT2D eigenvalue weighted by molar-refractivity contribution is 5.99. The van der Waals surface area contributed by atoms with Crippen LogP contribution in [0.15, 0.2) is 72.9 Å². The van der Waals surface area contributed by atoms with Crippen molar-refractivity contribution in [1.29, 1.82) is 0 Å². The van der Waals surface area contributed by atoms with Gasteiger partial charge in [0, 0.05) is 23.9 Å². The Kier molecular flexibility index (Phi) is 6.95. The second kappa shape index (κ2) is 10.0.